The molecule has 1 saturated heterocycles. The number of piperidine rings is 1. The molecule has 2 N–H and O–H groups in total. The van der Waals surface area contributed by atoms with Gasteiger partial charge in [0.15, 0.2) is 11.6 Å². The minimum absolute atomic E-state index is 0.00575. The summed E-state index contributed by atoms with van der Waals surface area (Å²) in [5.41, 5.74) is 6.04. The monoisotopic (exact) mass is 350 g/mol. The van der Waals surface area contributed by atoms with E-state index in [9.17, 15) is 9.18 Å². The lowest BCUT2D eigenvalue weighted by Crippen LogP contribution is -2.49. The zero-order valence-electron chi connectivity index (χ0n) is 14.7. The summed E-state index contributed by atoms with van der Waals surface area (Å²) in [6.07, 6.45) is 3.70. The van der Waals surface area contributed by atoms with Crippen molar-refractivity contribution in [2.75, 3.05) is 20.2 Å². The minimum atomic E-state index is -0.342. The first-order chi connectivity index (χ1) is 12.1. The van der Waals surface area contributed by atoms with Gasteiger partial charge in [0.05, 0.1) is 6.10 Å². The van der Waals surface area contributed by atoms with Crippen LogP contribution in [0.2, 0.25) is 0 Å². The highest BCUT2D eigenvalue weighted by atomic mass is 19.1. The highest BCUT2D eigenvalue weighted by Crippen LogP contribution is 2.29. The summed E-state index contributed by atoms with van der Waals surface area (Å²) in [4.78, 5) is 14.7. The van der Waals surface area contributed by atoms with Crippen LogP contribution in [0.15, 0.2) is 24.3 Å². The summed E-state index contributed by atoms with van der Waals surface area (Å²) < 4.78 is 24.9. The third-order valence-corrected chi connectivity index (χ3v) is 5.38. The number of ether oxygens (including phenoxy) is 2. The Kier molecular flexibility index (Phi) is 5.91. The summed E-state index contributed by atoms with van der Waals surface area (Å²) >= 11 is 0. The van der Waals surface area contributed by atoms with Crippen molar-refractivity contribution < 1.29 is 18.7 Å². The number of nitrogens with two attached hydrogens (primary N) is 1. The van der Waals surface area contributed by atoms with Gasteiger partial charge in [-0.1, -0.05) is 12.1 Å². The zero-order chi connectivity index (χ0) is 17.8. The number of carbonyl (C=O) groups excluding carboxylic acids is 1. The predicted octanol–water partition coefficient (Wildman–Crippen LogP) is 2.34. The van der Waals surface area contributed by atoms with Gasteiger partial charge in [0, 0.05) is 45.0 Å². The Morgan fingerprint density at radius 1 is 1.20 bits per heavy atom. The molecule has 0 spiro atoms. The highest BCUT2D eigenvalue weighted by molar-refractivity contribution is 5.79. The average molecular weight is 350 g/mol. The molecule has 1 saturated carbocycles. The number of amides is 1. The van der Waals surface area contributed by atoms with E-state index in [1.165, 1.54) is 6.07 Å². The van der Waals surface area contributed by atoms with E-state index in [0.29, 0.717) is 19.5 Å². The van der Waals surface area contributed by atoms with Crippen molar-refractivity contribution in [3.8, 4) is 5.75 Å². The molecular formula is C19H27FN2O3. The molecule has 2 fully saturated rings. The van der Waals surface area contributed by atoms with Crippen LogP contribution in [0.4, 0.5) is 4.39 Å². The first kappa shape index (κ1) is 18.1. The zero-order valence-corrected chi connectivity index (χ0v) is 14.7. The molecule has 0 unspecified atom stereocenters. The van der Waals surface area contributed by atoms with E-state index < -0.39 is 0 Å². The molecule has 1 amide bonds. The molecule has 1 aromatic rings. The smallest absolute Gasteiger partial charge is 0.225 e. The lowest BCUT2D eigenvalue weighted by atomic mass is 9.83. The lowest BCUT2D eigenvalue weighted by Gasteiger charge is -2.38. The van der Waals surface area contributed by atoms with Crippen LogP contribution in [0.5, 0.6) is 5.75 Å². The average Bonchev–Trinajstić information content (AvgIpc) is 2.64. The molecule has 0 aromatic heterocycles. The molecule has 0 bridgehead atoms. The van der Waals surface area contributed by atoms with Crippen molar-refractivity contribution in [2.45, 2.75) is 50.4 Å². The van der Waals surface area contributed by atoms with Gasteiger partial charge in [-0.2, -0.15) is 0 Å². The second kappa shape index (κ2) is 8.15. The molecule has 1 aliphatic carbocycles. The molecule has 3 rings (SSSR count). The van der Waals surface area contributed by atoms with E-state index in [-0.39, 0.29) is 41.6 Å². The van der Waals surface area contributed by atoms with E-state index in [2.05, 4.69) is 0 Å². The van der Waals surface area contributed by atoms with Crippen LogP contribution < -0.4 is 10.5 Å². The summed E-state index contributed by atoms with van der Waals surface area (Å²) in [5.74, 6) is 0.133. The fourth-order valence-electron chi connectivity index (χ4n) is 3.82. The van der Waals surface area contributed by atoms with Gasteiger partial charge in [0.1, 0.15) is 6.10 Å². The van der Waals surface area contributed by atoms with Crippen LogP contribution in [0, 0.1) is 11.7 Å². The van der Waals surface area contributed by atoms with Crippen molar-refractivity contribution >= 4 is 5.91 Å². The number of hydrogen-bond donors (Lipinski definition) is 1. The van der Waals surface area contributed by atoms with Crippen LogP contribution in [-0.2, 0) is 9.53 Å². The van der Waals surface area contributed by atoms with Gasteiger partial charge in [-0.15, -0.1) is 0 Å². The van der Waals surface area contributed by atoms with Crippen LogP contribution in [0.25, 0.3) is 0 Å². The second-order valence-electron chi connectivity index (χ2n) is 7.02. The largest absolute Gasteiger partial charge is 0.487 e. The van der Waals surface area contributed by atoms with Crippen molar-refractivity contribution in [3.05, 3.63) is 30.1 Å². The first-order valence-electron chi connectivity index (χ1n) is 9.07. The summed E-state index contributed by atoms with van der Waals surface area (Å²) in [6, 6.07) is 6.47. The Balaban J connectivity index is 1.50. The molecule has 0 radical (unpaired) electrons. The van der Waals surface area contributed by atoms with Crippen LogP contribution >= 0.6 is 0 Å². The summed E-state index contributed by atoms with van der Waals surface area (Å²) in [7, 11) is 1.66. The van der Waals surface area contributed by atoms with E-state index in [1.54, 1.807) is 25.3 Å². The quantitative estimate of drug-likeness (QED) is 0.905. The fraction of sp³-hybridized carbons (Fsp3) is 0.632. The number of halogens is 1. The second-order valence-corrected chi connectivity index (χ2v) is 7.02. The maximum atomic E-state index is 13.7. The Hall–Kier alpha value is -1.66. The standard InChI is InChI=1S/C19H27FN2O3/c1-24-18-12-13(6-7-16(18)21)19(23)22-10-8-14(9-11-22)25-17-5-3-2-4-15(17)20/h2-5,13-14,16,18H,6-12,21H2,1H3/t13-,16+,18+/m0/s1. The lowest BCUT2D eigenvalue weighted by molar-refractivity contribution is -0.140. The highest BCUT2D eigenvalue weighted by Gasteiger charge is 2.35. The predicted molar refractivity (Wildman–Crippen MR) is 92.7 cm³/mol. The molecule has 2 aliphatic rings. The molecule has 5 nitrogen and oxygen atoms in total. The van der Waals surface area contributed by atoms with Crippen molar-refractivity contribution in [1.29, 1.82) is 0 Å². The number of likely N-dealkylation sites (tertiary alicyclic amines) is 1. The van der Waals surface area contributed by atoms with Gasteiger partial charge in [0.2, 0.25) is 5.91 Å². The third kappa shape index (κ3) is 4.30. The Bertz CT molecular complexity index is 590. The molecule has 25 heavy (non-hydrogen) atoms. The molecule has 3 atom stereocenters. The topological polar surface area (TPSA) is 64.8 Å². The number of carbonyl (C=O) groups is 1. The van der Waals surface area contributed by atoms with Crippen molar-refractivity contribution in [1.82, 2.24) is 4.90 Å². The van der Waals surface area contributed by atoms with Crippen LogP contribution in [0.3, 0.4) is 0 Å². The van der Waals surface area contributed by atoms with Crippen LogP contribution in [-0.4, -0.2) is 49.3 Å². The molecule has 138 valence electrons. The molecule has 6 heteroatoms. The molecule has 1 heterocycles. The van der Waals surface area contributed by atoms with Crippen molar-refractivity contribution in [2.24, 2.45) is 11.7 Å². The minimum Gasteiger partial charge on any atom is -0.487 e. The third-order valence-electron chi connectivity index (χ3n) is 5.38. The van der Waals surface area contributed by atoms with E-state index in [4.69, 9.17) is 15.2 Å². The Labute approximate surface area is 148 Å². The van der Waals surface area contributed by atoms with Gasteiger partial charge < -0.3 is 20.1 Å². The maximum absolute atomic E-state index is 13.7. The molecular weight excluding hydrogens is 323 g/mol. The number of para-hydroxylation sites is 1. The van der Waals surface area contributed by atoms with E-state index in [1.807, 2.05) is 4.90 Å². The molecule has 1 aromatic carbocycles. The Morgan fingerprint density at radius 3 is 2.60 bits per heavy atom. The van der Waals surface area contributed by atoms with Crippen LogP contribution in [0.1, 0.15) is 32.1 Å². The van der Waals surface area contributed by atoms with Gasteiger partial charge in [-0.25, -0.2) is 4.39 Å². The number of rotatable bonds is 4. The number of nitrogens with zero attached hydrogens (tertiary/aromatic N) is 1. The van der Waals surface area contributed by atoms with E-state index in [0.717, 1.165) is 25.7 Å². The fourth-order valence-corrected chi connectivity index (χ4v) is 3.82. The summed E-state index contributed by atoms with van der Waals surface area (Å²) in [5, 5.41) is 0. The maximum Gasteiger partial charge on any atom is 0.225 e. The van der Waals surface area contributed by atoms with Gasteiger partial charge in [0.25, 0.3) is 0 Å². The van der Waals surface area contributed by atoms with Gasteiger partial charge in [-0.3, -0.25) is 4.79 Å². The number of benzene rings is 1. The van der Waals surface area contributed by atoms with E-state index >= 15 is 0 Å². The normalized spacial score (nSPS) is 28.0. The Morgan fingerprint density at radius 2 is 1.92 bits per heavy atom. The SMILES string of the molecule is CO[C@@H]1C[C@@H](C(=O)N2CCC(Oc3ccccc3F)CC2)CC[C@H]1N. The molecule has 1 aliphatic heterocycles. The van der Waals surface area contributed by atoms with Gasteiger partial charge in [-0.05, 0) is 31.4 Å². The number of methoxy groups -OCH3 is 1. The summed E-state index contributed by atoms with van der Waals surface area (Å²) in [6.45, 7) is 1.30. The first-order valence-corrected chi connectivity index (χ1v) is 9.07. The number of hydrogen-bond acceptors (Lipinski definition) is 4. The van der Waals surface area contributed by atoms with Crippen molar-refractivity contribution in [3.63, 3.8) is 0 Å². The van der Waals surface area contributed by atoms with Gasteiger partial charge >= 0.3 is 0 Å².